The van der Waals surface area contributed by atoms with Gasteiger partial charge in [0.1, 0.15) is 0 Å². The average Bonchev–Trinajstić information content (AvgIpc) is 2.66. The molecule has 4 aliphatic rings. The second kappa shape index (κ2) is 7.25. The third kappa shape index (κ3) is 3.84. The number of aryl methyl sites for hydroxylation is 1. The first kappa shape index (κ1) is 19.8. The van der Waals surface area contributed by atoms with Gasteiger partial charge in [-0.2, -0.15) is 4.39 Å². The molecule has 2 aromatic heterocycles. The first-order valence-electron chi connectivity index (χ1n) is 10.6. The molecule has 4 aliphatic carbocycles. The molecule has 0 aromatic carbocycles. The van der Waals surface area contributed by atoms with Crippen molar-refractivity contribution in [3.05, 3.63) is 47.9 Å². The van der Waals surface area contributed by atoms with Crippen molar-refractivity contribution < 1.29 is 18.7 Å². The molecule has 31 heavy (non-hydrogen) atoms. The zero-order valence-electron chi connectivity index (χ0n) is 17.2. The van der Waals surface area contributed by atoms with Gasteiger partial charge in [0, 0.05) is 23.5 Å². The lowest BCUT2D eigenvalue weighted by atomic mass is 9.50. The van der Waals surface area contributed by atoms with Crippen molar-refractivity contribution in [1.82, 2.24) is 25.6 Å². The molecule has 4 bridgehead atoms. The van der Waals surface area contributed by atoms with Gasteiger partial charge in [-0.05, 0) is 69.4 Å². The maximum absolute atomic E-state index is 14.0. The standard InChI is InChI=1S/C22H24FN5O3/c1-13-10-24-11-17(26-13)31-20(30)28-22-8-14-5-15(9-22)7-21(6-14,12-22)27-19(29)16-3-2-4-25-18(16)23/h2-4,10-11,14-15H,5-9,12H2,1H3,(H,27,29)(H,28,30). The lowest BCUT2D eigenvalue weighted by Crippen LogP contribution is -2.70. The lowest BCUT2D eigenvalue weighted by molar-refractivity contribution is -0.0450. The van der Waals surface area contributed by atoms with Gasteiger partial charge in [-0.3, -0.25) is 9.78 Å². The van der Waals surface area contributed by atoms with E-state index in [0.29, 0.717) is 24.0 Å². The third-order valence-corrected chi connectivity index (χ3v) is 6.74. The highest BCUT2D eigenvalue weighted by molar-refractivity contribution is 5.94. The summed E-state index contributed by atoms with van der Waals surface area (Å²) in [5.74, 6) is -0.309. The first-order valence-corrected chi connectivity index (χ1v) is 10.6. The van der Waals surface area contributed by atoms with E-state index in [1.54, 1.807) is 19.2 Å². The monoisotopic (exact) mass is 425 g/mol. The van der Waals surface area contributed by atoms with Crippen LogP contribution in [0.1, 0.15) is 54.6 Å². The molecular formula is C22H24FN5O3. The number of nitrogens with one attached hydrogen (secondary N) is 2. The Morgan fingerprint density at radius 3 is 2.52 bits per heavy atom. The smallest absolute Gasteiger partial charge is 0.390 e. The number of carbonyl (C=O) groups excluding carboxylic acids is 2. The van der Waals surface area contributed by atoms with Crippen molar-refractivity contribution >= 4 is 12.0 Å². The van der Waals surface area contributed by atoms with Crippen LogP contribution in [0.15, 0.2) is 30.7 Å². The molecule has 162 valence electrons. The lowest BCUT2D eigenvalue weighted by Gasteiger charge is -2.62. The highest BCUT2D eigenvalue weighted by Gasteiger charge is 2.59. The minimum absolute atomic E-state index is 0.0577. The molecule has 0 radical (unpaired) electrons. The second-order valence-electron chi connectivity index (χ2n) is 9.33. The predicted molar refractivity (Wildman–Crippen MR) is 108 cm³/mol. The van der Waals surface area contributed by atoms with Crippen LogP contribution >= 0.6 is 0 Å². The molecule has 2 unspecified atom stereocenters. The summed E-state index contributed by atoms with van der Waals surface area (Å²) in [4.78, 5) is 37.2. The number of aromatic nitrogens is 3. The molecular weight excluding hydrogens is 401 g/mol. The van der Waals surface area contributed by atoms with Crippen LogP contribution in [0.2, 0.25) is 0 Å². The molecule has 6 rings (SSSR count). The summed E-state index contributed by atoms with van der Waals surface area (Å²) in [6.45, 7) is 1.77. The van der Waals surface area contributed by atoms with E-state index in [2.05, 4.69) is 25.6 Å². The number of hydrogen-bond acceptors (Lipinski definition) is 6. The fourth-order valence-electron chi connectivity index (χ4n) is 6.25. The summed E-state index contributed by atoms with van der Waals surface area (Å²) in [5, 5.41) is 6.18. The van der Waals surface area contributed by atoms with E-state index in [4.69, 9.17) is 4.74 Å². The van der Waals surface area contributed by atoms with E-state index in [9.17, 15) is 14.0 Å². The van der Waals surface area contributed by atoms with Gasteiger partial charge in [-0.15, -0.1) is 0 Å². The Labute approximate surface area is 179 Å². The summed E-state index contributed by atoms with van der Waals surface area (Å²) in [6, 6.07) is 2.98. The first-order chi connectivity index (χ1) is 14.8. The number of halogens is 1. The highest BCUT2D eigenvalue weighted by atomic mass is 19.1. The molecule has 2 atom stereocenters. The number of hydrogen-bond donors (Lipinski definition) is 2. The van der Waals surface area contributed by atoms with Crippen LogP contribution in [-0.2, 0) is 0 Å². The maximum Gasteiger partial charge on any atom is 0.414 e. The molecule has 2 aromatic rings. The van der Waals surface area contributed by atoms with Gasteiger partial charge in [-0.25, -0.2) is 14.8 Å². The van der Waals surface area contributed by atoms with Crippen LogP contribution in [-0.4, -0.2) is 38.0 Å². The average molecular weight is 425 g/mol. The Kier molecular flexibility index (Phi) is 4.64. The van der Waals surface area contributed by atoms with E-state index in [1.165, 1.54) is 18.5 Å². The van der Waals surface area contributed by atoms with Crippen molar-refractivity contribution in [2.24, 2.45) is 11.8 Å². The molecule has 8 nitrogen and oxygen atoms in total. The molecule has 4 saturated carbocycles. The SMILES string of the molecule is Cc1cncc(OC(=O)NC23CC4CC(C2)CC(NC(=O)c2cccnc2F)(C4)C3)n1. The topological polar surface area (TPSA) is 106 Å². The quantitative estimate of drug-likeness (QED) is 0.730. The number of amides is 2. The fourth-order valence-corrected chi connectivity index (χ4v) is 6.25. The molecule has 2 heterocycles. The maximum atomic E-state index is 14.0. The van der Waals surface area contributed by atoms with Gasteiger partial charge >= 0.3 is 6.09 Å². The van der Waals surface area contributed by atoms with Gasteiger partial charge < -0.3 is 15.4 Å². The van der Waals surface area contributed by atoms with E-state index in [1.807, 2.05) is 0 Å². The van der Waals surface area contributed by atoms with Crippen LogP contribution in [0.5, 0.6) is 5.88 Å². The second-order valence-corrected chi connectivity index (χ2v) is 9.33. The van der Waals surface area contributed by atoms with Gasteiger partial charge in [-0.1, -0.05) is 0 Å². The van der Waals surface area contributed by atoms with Crippen LogP contribution in [0, 0.1) is 24.7 Å². The van der Waals surface area contributed by atoms with Gasteiger partial charge in [0.05, 0.1) is 17.5 Å². The van der Waals surface area contributed by atoms with Gasteiger partial charge in [0.15, 0.2) is 0 Å². The van der Waals surface area contributed by atoms with Crippen molar-refractivity contribution in [1.29, 1.82) is 0 Å². The van der Waals surface area contributed by atoms with Crippen molar-refractivity contribution in [2.45, 2.75) is 56.5 Å². The normalized spacial score (nSPS) is 30.6. The van der Waals surface area contributed by atoms with Gasteiger partial charge in [0.25, 0.3) is 5.91 Å². The largest absolute Gasteiger partial charge is 0.414 e. The summed E-state index contributed by atoms with van der Waals surface area (Å²) in [7, 11) is 0. The number of ether oxygens (including phenoxy) is 1. The summed E-state index contributed by atoms with van der Waals surface area (Å²) < 4.78 is 19.4. The summed E-state index contributed by atoms with van der Waals surface area (Å²) >= 11 is 0. The van der Waals surface area contributed by atoms with Crippen LogP contribution in [0.3, 0.4) is 0 Å². The summed E-state index contributed by atoms with van der Waals surface area (Å²) in [5.41, 5.74) is -0.332. The molecule has 4 fully saturated rings. The molecule has 0 aliphatic heterocycles. The third-order valence-electron chi connectivity index (χ3n) is 6.74. The number of rotatable bonds is 4. The van der Waals surface area contributed by atoms with E-state index < -0.39 is 29.0 Å². The highest BCUT2D eigenvalue weighted by Crippen LogP contribution is 2.57. The van der Waals surface area contributed by atoms with E-state index >= 15 is 0 Å². The molecule has 2 amide bonds. The van der Waals surface area contributed by atoms with Crippen LogP contribution in [0.4, 0.5) is 9.18 Å². The molecule has 0 saturated heterocycles. The Morgan fingerprint density at radius 1 is 1.13 bits per heavy atom. The number of pyridine rings is 1. The van der Waals surface area contributed by atoms with E-state index in [0.717, 1.165) is 32.1 Å². The Morgan fingerprint density at radius 2 is 1.84 bits per heavy atom. The predicted octanol–water partition coefficient (Wildman–Crippen LogP) is 2.93. The minimum Gasteiger partial charge on any atom is -0.390 e. The number of nitrogens with zero attached hydrogens (tertiary/aromatic N) is 3. The van der Waals surface area contributed by atoms with E-state index in [-0.39, 0.29) is 11.4 Å². The van der Waals surface area contributed by atoms with Crippen molar-refractivity contribution in [2.75, 3.05) is 0 Å². The summed E-state index contributed by atoms with van der Waals surface area (Å²) in [6.07, 6.45) is 8.76. The molecule has 9 heteroatoms. The molecule has 2 N–H and O–H groups in total. The Bertz CT molecular complexity index is 1030. The van der Waals surface area contributed by atoms with Crippen LogP contribution < -0.4 is 15.4 Å². The Hall–Kier alpha value is -3.10. The zero-order chi connectivity index (χ0) is 21.6. The van der Waals surface area contributed by atoms with Crippen molar-refractivity contribution in [3.8, 4) is 5.88 Å². The number of carbonyl (C=O) groups is 2. The fraction of sp³-hybridized carbons (Fsp3) is 0.500. The zero-order valence-corrected chi connectivity index (χ0v) is 17.2. The minimum atomic E-state index is -0.777. The van der Waals surface area contributed by atoms with Crippen molar-refractivity contribution in [3.63, 3.8) is 0 Å². The van der Waals surface area contributed by atoms with Gasteiger partial charge in [0.2, 0.25) is 11.8 Å². The Balaban J connectivity index is 1.33. The molecule has 0 spiro atoms. The van der Waals surface area contributed by atoms with Crippen LogP contribution in [0.25, 0.3) is 0 Å².